The highest BCUT2D eigenvalue weighted by molar-refractivity contribution is 9.08. The highest BCUT2D eigenvalue weighted by Gasteiger charge is 2.37. The monoisotopic (exact) mass is 297 g/mol. The second-order valence-electron chi connectivity index (χ2n) is 4.58. The molecule has 0 saturated heterocycles. The van der Waals surface area contributed by atoms with Gasteiger partial charge in [0.25, 0.3) is 5.91 Å². The summed E-state index contributed by atoms with van der Waals surface area (Å²) >= 11 is 3.37. The molecule has 0 bridgehead atoms. The summed E-state index contributed by atoms with van der Waals surface area (Å²) < 4.78 is 0. The summed E-state index contributed by atoms with van der Waals surface area (Å²) in [5, 5.41) is 13.0. The number of hydrogen-bond donors (Lipinski definition) is 2. The smallest absolute Gasteiger partial charge is 0.251 e. The molecule has 0 aromatic heterocycles. The van der Waals surface area contributed by atoms with Crippen LogP contribution in [0.15, 0.2) is 24.3 Å². The molecule has 1 fully saturated rings. The van der Waals surface area contributed by atoms with Crippen molar-refractivity contribution in [1.82, 2.24) is 5.32 Å². The van der Waals surface area contributed by atoms with E-state index in [0.29, 0.717) is 5.56 Å². The molecule has 3 nitrogen and oxygen atoms in total. The van der Waals surface area contributed by atoms with E-state index in [1.54, 1.807) is 0 Å². The van der Waals surface area contributed by atoms with Crippen LogP contribution in [-0.4, -0.2) is 23.2 Å². The molecule has 2 rings (SSSR count). The first-order chi connectivity index (χ1) is 8.19. The molecular formula is C13H16BrNO2. The highest BCUT2D eigenvalue weighted by Crippen LogP contribution is 2.31. The van der Waals surface area contributed by atoms with Gasteiger partial charge < -0.3 is 10.4 Å². The van der Waals surface area contributed by atoms with Crippen LogP contribution in [0.1, 0.15) is 35.2 Å². The van der Waals surface area contributed by atoms with E-state index < -0.39 is 0 Å². The Morgan fingerprint density at radius 2 is 2.00 bits per heavy atom. The molecule has 1 amide bonds. The second kappa shape index (κ2) is 5.19. The molecule has 17 heavy (non-hydrogen) atoms. The third-order valence-corrected chi connectivity index (χ3v) is 4.01. The van der Waals surface area contributed by atoms with Crippen molar-refractivity contribution in [2.45, 2.75) is 30.1 Å². The third kappa shape index (κ3) is 2.69. The van der Waals surface area contributed by atoms with Gasteiger partial charge in [-0.2, -0.15) is 0 Å². The van der Waals surface area contributed by atoms with E-state index in [1.807, 2.05) is 24.3 Å². The largest absolute Gasteiger partial charge is 0.394 e. The van der Waals surface area contributed by atoms with Crippen LogP contribution in [0.5, 0.6) is 0 Å². The van der Waals surface area contributed by atoms with Crippen molar-refractivity contribution in [3.05, 3.63) is 35.4 Å². The van der Waals surface area contributed by atoms with Crippen LogP contribution in [-0.2, 0) is 5.33 Å². The summed E-state index contributed by atoms with van der Waals surface area (Å²) in [5.74, 6) is -0.0973. The van der Waals surface area contributed by atoms with E-state index in [-0.39, 0.29) is 18.1 Å². The molecular weight excluding hydrogens is 282 g/mol. The van der Waals surface area contributed by atoms with Crippen molar-refractivity contribution in [2.24, 2.45) is 0 Å². The Morgan fingerprint density at radius 1 is 1.35 bits per heavy atom. The lowest BCUT2D eigenvalue weighted by Gasteiger charge is -2.40. The van der Waals surface area contributed by atoms with Crippen LogP contribution in [0.25, 0.3) is 0 Å². The fourth-order valence-corrected chi connectivity index (χ4v) is 2.36. The molecule has 0 aliphatic heterocycles. The number of aliphatic hydroxyl groups excluding tert-OH is 1. The molecule has 2 N–H and O–H groups in total. The van der Waals surface area contributed by atoms with Gasteiger partial charge in [-0.3, -0.25) is 4.79 Å². The zero-order valence-electron chi connectivity index (χ0n) is 9.58. The summed E-state index contributed by atoms with van der Waals surface area (Å²) in [4.78, 5) is 12.0. The third-order valence-electron chi connectivity index (χ3n) is 3.36. The number of amides is 1. The van der Waals surface area contributed by atoms with Crippen LogP contribution < -0.4 is 5.32 Å². The summed E-state index contributed by atoms with van der Waals surface area (Å²) in [6.07, 6.45) is 2.81. The van der Waals surface area contributed by atoms with Gasteiger partial charge in [0.05, 0.1) is 12.1 Å². The van der Waals surface area contributed by atoms with E-state index >= 15 is 0 Å². The molecule has 0 atom stereocenters. The molecule has 1 aliphatic carbocycles. The number of carbonyl (C=O) groups excluding carboxylic acids is 1. The first-order valence-electron chi connectivity index (χ1n) is 5.77. The van der Waals surface area contributed by atoms with Crippen LogP contribution in [0.4, 0.5) is 0 Å². The Bertz CT molecular complexity index is 393. The first kappa shape index (κ1) is 12.6. The van der Waals surface area contributed by atoms with Gasteiger partial charge >= 0.3 is 0 Å². The SMILES string of the molecule is O=C(NC1(CO)CCC1)c1ccc(CBr)cc1. The Kier molecular flexibility index (Phi) is 3.84. The maximum Gasteiger partial charge on any atom is 0.251 e. The summed E-state index contributed by atoms with van der Waals surface area (Å²) in [5.41, 5.74) is 1.42. The zero-order valence-corrected chi connectivity index (χ0v) is 11.2. The molecule has 4 heteroatoms. The van der Waals surface area contributed by atoms with Crippen LogP contribution >= 0.6 is 15.9 Å². The van der Waals surface area contributed by atoms with Gasteiger partial charge in [0.2, 0.25) is 0 Å². The maximum atomic E-state index is 12.0. The van der Waals surface area contributed by atoms with Crippen molar-refractivity contribution >= 4 is 21.8 Å². The van der Waals surface area contributed by atoms with Gasteiger partial charge in [-0.15, -0.1) is 0 Å². The fourth-order valence-electron chi connectivity index (χ4n) is 1.98. The van der Waals surface area contributed by atoms with Gasteiger partial charge in [0, 0.05) is 10.9 Å². The van der Waals surface area contributed by atoms with Gasteiger partial charge in [-0.1, -0.05) is 28.1 Å². The number of hydrogen-bond acceptors (Lipinski definition) is 2. The molecule has 92 valence electrons. The molecule has 1 aromatic rings. The van der Waals surface area contributed by atoms with Crippen molar-refractivity contribution in [3.8, 4) is 0 Å². The summed E-state index contributed by atoms with van der Waals surface area (Å²) in [6, 6.07) is 7.48. The highest BCUT2D eigenvalue weighted by atomic mass is 79.9. The Balaban J connectivity index is 2.03. The van der Waals surface area contributed by atoms with Crippen molar-refractivity contribution in [1.29, 1.82) is 0 Å². The second-order valence-corrected chi connectivity index (χ2v) is 5.14. The minimum atomic E-state index is -0.370. The summed E-state index contributed by atoms with van der Waals surface area (Å²) in [6.45, 7) is 0.0260. The molecule has 1 aromatic carbocycles. The van der Waals surface area contributed by atoms with Crippen LogP contribution in [0.3, 0.4) is 0 Å². The van der Waals surface area contributed by atoms with Crippen molar-refractivity contribution in [2.75, 3.05) is 6.61 Å². The van der Waals surface area contributed by atoms with Gasteiger partial charge in [-0.05, 0) is 37.0 Å². The lowest BCUT2D eigenvalue weighted by Crippen LogP contribution is -2.56. The number of carbonyl (C=O) groups is 1. The van der Waals surface area contributed by atoms with E-state index in [4.69, 9.17) is 0 Å². The number of nitrogens with one attached hydrogen (secondary N) is 1. The normalized spacial score (nSPS) is 17.3. The average molecular weight is 298 g/mol. The minimum Gasteiger partial charge on any atom is -0.394 e. The van der Waals surface area contributed by atoms with Gasteiger partial charge in [0.1, 0.15) is 0 Å². The quantitative estimate of drug-likeness (QED) is 0.837. The van der Waals surface area contributed by atoms with Crippen molar-refractivity contribution < 1.29 is 9.90 Å². The Labute approximate surface area is 109 Å². The van der Waals surface area contributed by atoms with E-state index in [9.17, 15) is 9.90 Å². The molecule has 0 unspecified atom stereocenters. The zero-order chi connectivity index (χ0) is 12.3. The molecule has 1 saturated carbocycles. The Hall–Kier alpha value is -0.870. The fraction of sp³-hybridized carbons (Fsp3) is 0.462. The molecule has 1 aliphatic rings. The molecule has 0 spiro atoms. The van der Waals surface area contributed by atoms with Crippen LogP contribution in [0, 0.1) is 0 Å². The topological polar surface area (TPSA) is 49.3 Å². The number of benzene rings is 1. The minimum absolute atomic E-state index is 0.0260. The average Bonchev–Trinajstić information content (AvgIpc) is 2.33. The lowest BCUT2D eigenvalue weighted by molar-refractivity contribution is 0.0641. The predicted molar refractivity (Wildman–Crippen MR) is 70.2 cm³/mol. The molecule has 0 radical (unpaired) electrons. The number of halogens is 1. The van der Waals surface area contributed by atoms with Crippen molar-refractivity contribution in [3.63, 3.8) is 0 Å². The van der Waals surface area contributed by atoms with E-state index in [1.165, 1.54) is 0 Å². The van der Waals surface area contributed by atoms with E-state index in [0.717, 1.165) is 30.2 Å². The van der Waals surface area contributed by atoms with Gasteiger partial charge in [0.15, 0.2) is 0 Å². The predicted octanol–water partition coefficient (Wildman–Crippen LogP) is 2.23. The van der Waals surface area contributed by atoms with E-state index in [2.05, 4.69) is 21.2 Å². The van der Waals surface area contributed by atoms with Gasteiger partial charge in [-0.25, -0.2) is 0 Å². The maximum absolute atomic E-state index is 12.0. The molecule has 0 heterocycles. The number of aliphatic hydroxyl groups is 1. The van der Waals surface area contributed by atoms with Crippen LogP contribution in [0.2, 0.25) is 0 Å². The summed E-state index contributed by atoms with van der Waals surface area (Å²) in [7, 11) is 0. The number of rotatable bonds is 4. The number of alkyl halides is 1. The standard InChI is InChI=1S/C13H16BrNO2/c14-8-10-2-4-11(5-3-10)12(17)15-13(9-16)6-1-7-13/h2-5,16H,1,6-9H2,(H,15,17). The Morgan fingerprint density at radius 3 is 2.41 bits per heavy atom. The lowest BCUT2D eigenvalue weighted by atomic mass is 9.77. The first-order valence-corrected chi connectivity index (χ1v) is 6.89.